The van der Waals surface area contributed by atoms with E-state index in [2.05, 4.69) is 17.4 Å². The molecule has 0 saturated carbocycles. The predicted octanol–water partition coefficient (Wildman–Crippen LogP) is 3.64. The molecule has 0 bridgehead atoms. The number of ether oxygens (including phenoxy) is 1. The average molecular weight is 281 g/mol. The highest BCUT2D eigenvalue weighted by Crippen LogP contribution is 2.29. The fourth-order valence-corrected chi connectivity index (χ4v) is 2.52. The number of hydrogen-bond acceptors (Lipinski definition) is 2. The number of carbonyl (C=O) groups is 1. The molecular weight excluding hydrogens is 262 g/mol. The first kappa shape index (κ1) is 13.7. The van der Waals surface area contributed by atoms with Crippen LogP contribution >= 0.6 is 0 Å². The van der Waals surface area contributed by atoms with E-state index in [9.17, 15) is 4.79 Å². The summed E-state index contributed by atoms with van der Waals surface area (Å²) in [6.07, 6.45) is 1.18. The Hall–Kier alpha value is -2.29. The Labute approximate surface area is 124 Å². The van der Waals surface area contributed by atoms with Crippen molar-refractivity contribution in [3.63, 3.8) is 0 Å². The van der Waals surface area contributed by atoms with Gasteiger partial charge in [0, 0.05) is 5.69 Å². The van der Waals surface area contributed by atoms with Gasteiger partial charge < -0.3 is 10.1 Å². The van der Waals surface area contributed by atoms with Gasteiger partial charge in [0.25, 0.3) is 5.91 Å². The molecule has 0 saturated heterocycles. The highest BCUT2D eigenvalue weighted by atomic mass is 16.5. The van der Waals surface area contributed by atoms with Gasteiger partial charge in [-0.1, -0.05) is 29.8 Å². The summed E-state index contributed by atoms with van der Waals surface area (Å²) in [5.74, 6) is 0.760. The summed E-state index contributed by atoms with van der Waals surface area (Å²) in [5, 5.41) is 2.92. The maximum atomic E-state index is 12.3. The molecule has 1 aliphatic heterocycles. The molecule has 0 aromatic heterocycles. The molecule has 1 aliphatic rings. The first-order valence-electron chi connectivity index (χ1n) is 7.25. The van der Waals surface area contributed by atoms with Crippen molar-refractivity contribution in [1.82, 2.24) is 0 Å². The van der Waals surface area contributed by atoms with E-state index in [-0.39, 0.29) is 5.91 Å². The number of fused-ring (bicyclic) bond motifs is 1. The zero-order valence-corrected chi connectivity index (χ0v) is 12.3. The lowest BCUT2D eigenvalue weighted by molar-refractivity contribution is -0.123. The standard InChI is InChI=1S/C18H19NO2/c1-12-4-8-15(9-5-12)19-18(20)16-10-7-14-6-3-13(2)11-17(14)21-16/h3-6,8-9,11,16H,7,10H2,1-2H3,(H,19,20). The Morgan fingerprint density at radius 3 is 2.57 bits per heavy atom. The van der Waals surface area contributed by atoms with Crippen LogP contribution in [0.2, 0.25) is 0 Å². The molecule has 3 rings (SSSR count). The fourth-order valence-electron chi connectivity index (χ4n) is 2.52. The third-order valence-electron chi connectivity index (χ3n) is 3.78. The Morgan fingerprint density at radius 2 is 1.81 bits per heavy atom. The van der Waals surface area contributed by atoms with Gasteiger partial charge in [-0.15, -0.1) is 0 Å². The zero-order chi connectivity index (χ0) is 14.8. The molecule has 0 radical (unpaired) electrons. The summed E-state index contributed by atoms with van der Waals surface area (Å²) in [4.78, 5) is 12.3. The van der Waals surface area contributed by atoms with Crippen LogP contribution in [0.15, 0.2) is 42.5 Å². The van der Waals surface area contributed by atoms with Gasteiger partial charge in [-0.25, -0.2) is 0 Å². The van der Waals surface area contributed by atoms with Gasteiger partial charge in [-0.3, -0.25) is 4.79 Å². The van der Waals surface area contributed by atoms with Gasteiger partial charge >= 0.3 is 0 Å². The normalized spacial score (nSPS) is 16.8. The van der Waals surface area contributed by atoms with Gasteiger partial charge in [0.1, 0.15) is 5.75 Å². The van der Waals surface area contributed by atoms with Crippen molar-refractivity contribution in [1.29, 1.82) is 0 Å². The Morgan fingerprint density at radius 1 is 1.10 bits per heavy atom. The smallest absolute Gasteiger partial charge is 0.265 e. The third-order valence-corrected chi connectivity index (χ3v) is 3.78. The van der Waals surface area contributed by atoms with Crippen molar-refractivity contribution in [2.24, 2.45) is 0 Å². The second kappa shape index (κ2) is 5.60. The fraction of sp³-hybridized carbons (Fsp3) is 0.278. The minimum atomic E-state index is -0.416. The number of anilines is 1. The molecule has 2 aromatic carbocycles. The monoisotopic (exact) mass is 281 g/mol. The van der Waals surface area contributed by atoms with Gasteiger partial charge in [-0.2, -0.15) is 0 Å². The van der Waals surface area contributed by atoms with E-state index in [0.717, 1.165) is 23.4 Å². The first-order valence-corrected chi connectivity index (χ1v) is 7.25. The van der Waals surface area contributed by atoms with E-state index < -0.39 is 6.10 Å². The van der Waals surface area contributed by atoms with Crippen molar-refractivity contribution in [3.8, 4) is 5.75 Å². The number of benzene rings is 2. The van der Waals surface area contributed by atoms with Crippen LogP contribution < -0.4 is 10.1 Å². The summed E-state index contributed by atoms with van der Waals surface area (Å²) >= 11 is 0. The van der Waals surface area contributed by atoms with Crippen LogP contribution in [0.1, 0.15) is 23.1 Å². The third kappa shape index (κ3) is 3.07. The van der Waals surface area contributed by atoms with E-state index in [1.54, 1.807) is 0 Å². The van der Waals surface area contributed by atoms with Gasteiger partial charge in [0.15, 0.2) is 6.10 Å². The molecule has 3 nitrogen and oxygen atoms in total. The van der Waals surface area contributed by atoms with Gasteiger partial charge in [0.05, 0.1) is 0 Å². The summed E-state index contributed by atoms with van der Waals surface area (Å²) in [6.45, 7) is 4.05. The lowest BCUT2D eigenvalue weighted by Crippen LogP contribution is -2.35. The summed E-state index contributed by atoms with van der Waals surface area (Å²) in [7, 11) is 0. The molecule has 0 fully saturated rings. The van der Waals surface area contributed by atoms with Crippen LogP contribution in [0, 0.1) is 13.8 Å². The largest absolute Gasteiger partial charge is 0.480 e. The average Bonchev–Trinajstić information content (AvgIpc) is 2.48. The lowest BCUT2D eigenvalue weighted by atomic mass is 10.0. The molecule has 108 valence electrons. The van der Waals surface area contributed by atoms with Crippen molar-refractivity contribution in [2.45, 2.75) is 32.8 Å². The predicted molar refractivity (Wildman–Crippen MR) is 83.7 cm³/mol. The maximum absolute atomic E-state index is 12.3. The molecule has 1 heterocycles. The molecule has 1 amide bonds. The Balaban J connectivity index is 1.70. The number of carbonyl (C=O) groups excluding carboxylic acids is 1. The van der Waals surface area contributed by atoms with Gasteiger partial charge in [-0.05, 0) is 56.0 Å². The van der Waals surface area contributed by atoms with Crippen LogP contribution in [0.4, 0.5) is 5.69 Å². The highest BCUT2D eigenvalue weighted by Gasteiger charge is 2.26. The topological polar surface area (TPSA) is 38.3 Å². The molecule has 3 heteroatoms. The van der Waals surface area contributed by atoms with E-state index in [4.69, 9.17) is 4.74 Å². The van der Waals surface area contributed by atoms with Crippen LogP contribution in [0.25, 0.3) is 0 Å². The van der Waals surface area contributed by atoms with Crippen molar-refractivity contribution < 1.29 is 9.53 Å². The number of aryl methyl sites for hydroxylation is 3. The molecule has 0 aliphatic carbocycles. The molecule has 0 spiro atoms. The highest BCUT2D eigenvalue weighted by molar-refractivity contribution is 5.94. The minimum Gasteiger partial charge on any atom is -0.480 e. The van der Waals surface area contributed by atoms with Crippen molar-refractivity contribution in [3.05, 3.63) is 59.2 Å². The van der Waals surface area contributed by atoms with E-state index in [1.165, 1.54) is 11.1 Å². The second-order valence-electron chi connectivity index (χ2n) is 5.61. The number of rotatable bonds is 2. The molecule has 1 unspecified atom stereocenters. The van der Waals surface area contributed by atoms with Gasteiger partial charge in [0.2, 0.25) is 0 Å². The second-order valence-corrected chi connectivity index (χ2v) is 5.61. The molecule has 21 heavy (non-hydrogen) atoms. The van der Waals surface area contributed by atoms with Crippen molar-refractivity contribution >= 4 is 11.6 Å². The summed E-state index contributed by atoms with van der Waals surface area (Å²) < 4.78 is 5.86. The SMILES string of the molecule is Cc1ccc(NC(=O)C2CCc3ccc(C)cc3O2)cc1. The number of nitrogens with one attached hydrogen (secondary N) is 1. The van der Waals surface area contributed by atoms with E-state index in [0.29, 0.717) is 6.42 Å². The van der Waals surface area contributed by atoms with E-state index in [1.807, 2.05) is 44.2 Å². The van der Waals surface area contributed by atoms with Crippen LogP contribution in [0.3, 0.4) is 0 Å². The van der Waals surface area contributed by atoms with Crippen molar-refractivity contribution in [2.75, 3.05) is 5.32 Å². The molecule has 1 atom stereocenters. The first-order chi connectivity index (χ1) is 10.1. The van der Waals surface area contributed by atoms with Crippen LogP contribution in [-0.2, 0) is 11.2 Å². The summed E-state index contributed by atoms with van der Waals surface area (Å²) in [6, 6.07) is 13.9. The Kier molecular flexibility index (Phi) is 3.65. The molecule has 1 N–H and O–H groups in total. The van der Waals surface area contributed by atoms with Crippen LogP contribution in [0.5, 0.6) is 5.75 Å². The lowest BCUT2D eigenvalue weighted by Gasteiger charge is -2.25. The van der Waals surface area contributed by atoms with Crippen LogP contribution in [-0.4, -0.2) is 12.0 Å². The summed E-state index contributed by atoms with van der Waals surface area (Å²) in [5.41, 5.74) is 4.31. The zero-order valence-electron chi connectivity index (χ0n) is 12.3. The maximum Gasteiger partial charge on any atom is 0.265 e. The Bertz CT molecular complexity index is 661. The van der Waals surface area contributed by atoms with E-state index >= 15 is 0 Å². The molecular formula is C18H19NO2. The minimum absolute atomic E-state index is 0.0778. The quantitative estimate of drug-likeness (QED) is 0.912. The number of amides is 1. The molecule has 2 aromatic rings. The number of hydrogen-bond donors (Lipinski definition) is 1.